The molecule has 0 saturated carbocycles. The second kappa shape index (κ2) is 7.45. The average Bonchev–Trinajstić information content (AvgIpc) is 2.53. The first kappa shape index (κ1) is 16.5. The van der Waals surface area contributed by atoms with Crippen LogP contribution in [0.15, 0.2) is 42.5 Å². The number of methoxy groups -OCH3 is 1. The minimum atomic E-state index is -0.563. The highest BCUT2D eigenvalue weighted by molar-refractivity contribution is 6.02. The molecule has 0 fully saturated rings. The molecule has 0 aromatic heterocycles. The summed E-state index contributed by atoms with van der Waals surface area (Å²) in [5.74, 6) is 0.104. The van der Waals surface area contributed by atoms with Crippen LogP contribution < -0.4 is 15.8 Å². The van der Waals surface area contributed by atoms with Crippen molar-refractivity contribution >= 4 is 17.5 Å². The molecule has 0 saturated heterocycles. The molecule has 2 rings (SSSR count). The molecule has 120 valence electrons. The van der Waals surface area contributed by atoms with Crippen molar-refractivity contribution in [3.63, 3.8) is 0 Å². The highest BCUT2D eigenvalue weighted by Gasteiger charge is 2.10. The van der Waals surface area contributed by atoms with Crippen LogP contribution >= 0.6 is 0 Å². The molecule has 2 aromatic carbocycles. The molecule has 2 amide bonds. The smallest absolute Gasteiger partial charge is 0.250 e. The molecule has 0 spiro atoms. The first-order chi connectivity index (χ1) is 11.0. The monoisotopic (exact) mass is 312 g/mol. The molecule has 0 radical (unpaired) electrons. The number of carbonyl (C=O) groups excluding carboxylic acids is 2. The molecule has 3 N–H and O–H groups in total. The zero-order valence-electron chi connectivity index (χ0n) is 13.3. The Kier molecular flexibility index (Phi) is 5.36. The highest BCUT2D eigenvalue weighted by atomic mass is 16.5. The number of nitrogens with one attached hydrogen (secondary N) is 1. The van der Waals surface area contributed by atoms with Gasteiger partial charge in [-0.05, 0) is 42.7 Å². The second-order valence-electron chi connectivity index (χ2n) is 5.26. The molecule has 0 bridgehead atoms. The van der Waals surface area contributed by atoms with Gasteiger partial charge in [-0.3, -0.25) is 9.59 Å². The first-order valence-corrected chi connectivity index (χ1v) is 7.33. The number of rotatable bonds is 6. The summed E-state index contributed by atoms with van der Waals surface area (Å²) in [5, 5.41) is 2.73. The largest absolute Gasteiger partial charge is 0.496 e. The molecule has 0 aliphatic carbocycles. The number of benzene rings is 2. The summed E-state index contributed by atoms with van der Waals surface area (Å²) in [5.41, 5.74) is 8.13. The fourth-order valence-electron chi connectivity index (χ4n) is 2.37. The second-order valence-corrected chi connectivity index (χ2v) is 5.26. The summed E-state index contributed by atoms with van der Waals surface area (Å²) in [7, 11) is 1.63. The first-order valence-electron chi connectivity index (χ1n) is 7.33. The average molecular weight is 312 g/mol. The fraction of sp³-hybridized carbons (Fsp3) is 0.222. The number of hydrogen-bond donors (Lipinski definition) is 2. The molecule has 0 aliphatic heterocycles. The van der Waals surface area contributed by atoms with Gasteiger partial charge in [0.05, 0.1) is 18.4 Å². The number of nitrogens with two attached hydrogens (primary N) is 1. The van der Waals surface area contributed by atoms with Gasteiger partial charge in [0.1, 0.15) is 5.75 Å². The van der Waals surface area contributed by atoms with Gasteiger partial charge >= 0.3 is 0 Å². The van der Waals surface area contributed by atoms with Gasteiger partial charge in [-0.25, -0.2) is 0 Å². The lowest BCUT2D eigenvalue weighted by Crippen LogP contribution is -2.18. The van der Waals surface area contributed by atoms with Crippen molar-refractivity contribution in [1.29, 1.82) is 0 Å². The molecule has 0 heterocycles. The van der Waals surface area contributed by atoms with Crippen molar-refractivity contribution in [2.24, 2.45) is 5.73 Å². The van der Waals surface area contributed by atoms with Crippen LogP contribution in [0.3, 0.4) is 0 Å². The van der Waals surface area contributed by atoms with E-state index in [9.17, 15) is 9.59 Å². The van der Waals surface area contributed by atoms with Crippen molar-refractivity contribution in [3.05, 3.63) is 59.2 Å². The zero-order valence-corrected chi connectivity index (χ0v) is 13.3. The van der Waals surface area contributed by atoms with Gasteiger partial charge in [-0.1, -0.05) is 24.3 Å². The van der Waals surface area contributed by atoms with Gasteiger partial charge in [0.15, 0.2) is 0 Å². The van der Waals surface area contributed by atoms with Crippen LogP contribution in [0.25, 0.3) is 0 Å². The highest BCUT2D eigenvalue weighted by Crippen LogP contribution is 2.20. The minimum absolute atomic E-state index is 0.160. The SMILES string of the molecule is COc1ccc(CCC(=O)Nc2ccccc2C(N)=O)cc1C. The van der Waals surface area contributed by atoms with Gasteiger partial charge < -0.3 is 15.8 Å². The quantitative estimate of drug-likeness (QED) is 0.860. The molecule has 2 aromatic rings. The Labute approximate surface area is 135 Å². The molecule has 5 nitrogen and oxygen atoms in total. The van der Waals surface area contributed by atoms with Crippen molar-refractivity contribution in [2.75, 3.05) is 12.4 Å². The number of carbonyl (C=O) groups is 2. The van der Waals surface area contributed by atoms with Gasteiger partial charge in [-0.15, -0.1) is 0 Å². The number of aryl methyl sites for hydroxylation is 2. The molecule has 0 aliphatic rings. The summed E-state index contributed by atoms with van der Waals surface area (Å²) in [4.78, 5) is 23.4. The van der Waals surface area contributed by atoms with Gasteiger partial charge in [-0.2, -0.15) is 0 Å². The number of anilines is 1. The third-order valence-electron chi connectivity index (χ3n) is 3.57. The van der Waals surface area contributed by atoms with Crippen molar-refractivity contribution in [3.8, 4) is 5.75 Å². The summed E-state index contributed by atoms with van der Waals surface area (Å²) in [6.07, 6.45) is 0.925. The van der Waals surface area contributed by atoms with Crippen molar-refractivity contribution < 1.29 is 14.3 Å². The Morgan fingerprint density at radius 1 is 1.17 bits per heavy atom. The Morgan fingerprint density at radius 3 is 2.57 bits per heavy atom. The maximum absolute atomic E-state index is 12.1. The Hall–Kier alpha value is -2.82. The lowest BCUT2D eigenvalue weighted by molar-refractivity contribution is -0.116. The van der Waals surface area contributed by atoms with E-state index in [0.29, 0.717) is 24.1 Å². The Balaban J connectivity index is 1.98. The number of ether oxygens (including phenoxy) is 1. The van der Waals surface area contributed by atoms with E-state index in [0.717, 1.165) is 16.9 Å². The van der Waals surface area contributed by atoms with Crippen molar-refractivity contribution in [2.45, 2.75) is 19.8 Å². The minimum Gasteiger partial charge on any atom is -0.496 e. The van der Waals surface area contributed by atoms with E-state index in [1.807, 2.05) is 25.1 Å². The van der Waals surface area contributed by atoms with Crippen LogP contribution in [0.4, 0.5) is 5.69 Å². The van der Waals surface area contributed by atoms with Crippen LogP contribution in [0.2, 0.25) is 0 Å². The standard InChI is InChI=1S/C18H20N2O3/c1-12-11-13(7-9-16(12)23-2)8-10-17(21)20-15-6-4-3-5-14(15)18(19)22/h3-7,9,11H,8,10H2,1-2H3,(H2,19,22)(H,20,21). The van der Waals surface area contributed by atoms with Gasteiger partial charge in [0, 0.05) is 6.42 Å². The normalized spacial score (nSPS) is 10.2. The van der Waals surface area contributed by atoms with Gasteiger partial charge in [0.2, 0.25) is 5.91 Å². The number of para-hydroxylation sites is 1. The van der Waals surface area contributed by atoms with E-state index in [1.165, 1.54) is 0 Å². The van der Waals surface area contributed by atoms with E-state index < -0.39 is 5.91 Å². The topological polar surface area (TPSA) is 81.4 Å². The maximum Gasteiger partial charge on any atom is 0.250 e. The number of amides is 2. The Morgan fingerprint density at radius 2 is 1.91 bits per heavy atom. The van der Waals surface area contributed by atoms with E-state index in [-0.39, 0.29) is 5.91 Å². The van der Waals surface area contributed by atoms with Crippen LogP contribution in [0, 0.1) is 6.92 Å². The number of hydrogen-bond acceptors (Lipinski definition) is 3. The maximum atomic E-state index is 12.1. The number of primary amides is 1. The Bertz CT molecular complexity index is 726. The fourth-order valence-corrected chi connectivity index (χ4v) is 2.37. The molecule has 23 heavy (non-hydrogen) atoms. The van der Waals surface area contributed by atoms with Crippen LogP contribution in [-0.2, 0) is 11.2 Å². The summed E-state index contributed by atoms with van der Waals surface area (Å²) < 4.78 is 5.22. The van der Waals surface area contributed by atoms with Gasteiger partial charge in [0.25, 0.3) is 5.91 Å². The lowest BCUT2D eigenvalue weighted by atomic mass is 10.1. The van der Waals surface area contributed by atoms with E-state index in [2.05, 4.69) is 5.32 Å². The van der Waals surface area contributed by atoms with Crippen LogP contribution in [0.1, 0.15) is 27.9 Å². The zero-order chi connectivity index (χ0) is 16.8. The van der Waals surface area contributed by atoms with E-state index in [4.69, 9.17) is 10.5 Å². The van der Waals surface area contributed by atoms with E-state index in [1.54, 1.807) is 31.4 Å². The predicted molar refractivity (Wildman–Crippen MR) is 89.6 cm³/mol. The van der Waals surface area contributed by atoms with Crippen molar-refractivity contribution in [1.82, 2.24) is 0 Å². The van der Waals surface area contributed by atoms with Crippen LogP contribution in [0.5, 0.6) is 5.75 Å². The molecule has 0 atom stereocenters. The molecule has 5 heteroatoms. The summed E-state index contributed by atoms with van der Waals surface area (Å²) >= 11 is 0. The molecule has 0 unspecified atom stereocenters. The van der Waals surface area contributed by atoms with Crippen LogP contribution in [-0.4, -0.2) is 18.9 Å². The van der Waals surface area contributed by atoms with E-state index >= 15 is 0 Å². The molecular formula is C18H20N2O3. The molecular weight excluding hydrogens is 292 g/mol. The predicted octanol–water partition coefficient (Wildman–Crippen LogP) is 2.67. The summed E-state index contributed by atoms with van der Waals surface area (Å²) in [6, 6.07) is 12.5. The summed E-state index contributed by atoms with van der Waals surface area (Å²) in [6.45, 7) is 1.96. The third-order valence-corrected chi connectivity index (χ3v) is 3.57. The lowest BCUT2D eigenvalue weighted by Gasteiger charge is -2.10. The third kappa shape index (κ3) is 4.32.